The van der Waals surface area contributed by atoms with Crippen molar-refractivity contribution in [1.82, 2.24) is 14.9 Å². The van der Waals surface area contributed by atoms with E-state index in [4.69, 9.17) is 0 Å². The van der Waals surface area contributed by atoms with Gasteiger partial charge in [0.15, 0.2) is 0 Å². The number of aromatic nitrogens is 2. The number of rotatable bonds is 5. The second-order valence-electron chi connectivity index (χ2n) is 7.72. The van der Waals surface area contributed by atoms with Crippen LogP contribution in [0.3, 0.4) is 0 Å². The van der Waals surface area contributed by atoms with Gasteiger partial charge < -0.3 is 0 Å². The van der Waals surface area contributed by atoms with Crippen LogP contribution < -0.4 is 0 Å². The van der Waals surface area contributed by atoms with Crippen molar-refractivity contribution in [2.24, 2.45) is 5.92 Å². The zero-order valence-corrected chi connectivity index (χ0v) is 17.8. The van der Waals surface area contributed by atoms with E-state index in [0.717, 1.165) is 40.8 Å². The number of hydrogen-bond acceptors (Lipinski definition) is 6. The summed E-state index contributed by atoms with van der Waals surface area (Å²) in [4.78, 5) is 37.9. The number of thioether (sulfide) groups is 1. The van der Waals surface area contributed by atoms with Crippen molar-refractivity contribution in [1.29, 1.82) is 0 Å². The van der Waals surface area contributed by atoms with E-state index in [1.807, 2.05) is 11.3 Å². The Hall–Kier alpha value is -2.25. The van der Waals surface area contributed by atoms with Crippen LogP contribution >= 0.6 is 23.1 Å². The van der Waals surface area contributed by atoms with E-state index in [9.17, 15) is 9.59 Å². The molecule has 2 aromatic heterocycles. The number of carbonyl (C=O) groups is 2. The Morgan fingerprint density at radius 1 is 1.17 bits per heavy atom. The minimum Gasteiger partial charge on any atom is -0.274 e. The Morgan fingerprint density at radius 3 is 2.69 bits per heavy atom. The molecule has 2 amide bonds. The highest BCUT2D eigenvalue weighted by Crippen LogP contribution is 2.40. The zero-order valence-electron chi connectivity index (χ0n) is 16.2. The lowest BCUT2D eigenvalue weighted by atomic mass is 9.89. The van der Waals surface area contributed by atoms with Gasteiger partial charge in [0, 0.05) is 22.6 Å². The number of fused-ring (bicyclic) bond motifs is 4. The molecular formula is C22H21N3O2S2. The molecule has 0 N–H and O–H groups in total. The molecular weight excluding hydrogens is 402 g/mol. The molecule has 3 heterocycles. The summed E-state index contributed by atoms with van der Waals surface area (Å²) in [5.74, 6) is 1.18. The molecule has 1 atom stereocenters. The largest absolute Gasteiger partial charge is 0.274 e. The molecule has 29 heavy (non-hydrogen) atoms. The molecule has 0 fully saturated rings. The summed E-state index contributed by atoms with van der Waals surface area (Å²) < 4.78 is 0. The summed E-state index contributed by atoms with van der Waals surface area (Å²) in [6.07, 6.45) is 5.86. The average Bonchev–Trinajstić information content (AvgIpc) is 3.21. The average molecular weight is 424 g/mol. The van der Waals surface area contributed by atoms with Crippen LogP contribution in [0.4, 0.5) is 0 Å². The Labute approximate surface area is 177 Å². The smallest absolute Gasteiger partial charge is 0.261 e. The number of imide groups is 1. The minimum atomic E-state index is -0.180. The van der Waals surface area contributed by atoms with Gasteiger partial charge in [0.1, 0.15) is 16.2 Å². The van der Waals surface area contributed by atoms with E-state index in [1.54, 1.807) is 42.4 Å². The SMILES string of the molecule is CC1CCc2c(sc3ncnc(SCCCN4C(=O)c5ccccc5C4=O)c23)C1. The molecule has 0 radical (unpaired) electrons. The standard InChI is InChI=1S/C22H21N3O2S2/c1-13-7-8-16-17(11-13)29-20-18(16)19(23-12-24-20)28-10-4-9-25-21(26)14-5-2-3-6-15(14)22(25)27/h2-3,5-6,12-13H,4,7-11H2,1H3. The maximum Gasteiger partial charge on any atom is 0.261 e. The van der Waals surface area contributed by atoms with Crippen molar-refractivity contribution in [2.75, 3.05) is 12.3 Å². The lowest BCUT2D eigenvalue weighted by molar-refractivity contribution is 0.0655. The highest BCUT2D eigenvalue weighted by atomic mass is 32.2. The van der Waals surface area contributed by atoms with Gasteiger partial charge >= 0.3 is 0 Å². The van der Waals surface area contributed by atoms with Crippen LogP contribution in [0.1, 0.15) is 50.9 Å². The van der Waals surface area contributed by atoms with Crippen molar-refractivity contribution in [3.05, 3.63) is 52.2 Å². The third-order valence-electron chi connectivity index (χ3n) is 5.70. The molecule has 7 heteroatoms. The summed E-state index contributed by atoms with van der Waals surface area (Å²) >= 11 is 3.51. The number of thiophene rings is 1. The third kappa shape index (κ3) is 3.26. The Balaban J connectivity index is 1.27. The van der Waals surface area contributed by atoms with Crippen LogP contribution in [0.15, 0.2) is 35.6 Å². The van der Waals surface area contributed by atoms with Gasteiger partial charge in [0.05, 0.1) is 11.1 Å². The van der Waals surface area contributed by atoms with Gasteiger partial charge in [0.25, 0.3) is 11.8 Å². The summed E-state index contributed by atoms with van der Waals surface area (Å²) in [6.45, 7) is 2.75. The Kier molecular flexibility index (Phi) is 4.87. The number of benzene rings is 1. The number of aryl methyl sites for hydroxylation is 1. The maximum atomic E-state index is 12.5. The van der Waals surface area contributed by atoms with E-state index in [2.05, 4.69) is 16.9 Å². The number of nitrogens with zero attached hydrogens (tertiary/aromatic N) is 3. The molecule has 3 aromatic rings. The van der Waals surface area contributed by atoms with Gasteiger partial charge in [-0.25, -0.2) is 9.97 Å². The maximum absolute atomic E-state index is 12.5. The fourth-order valence-electron chi connectivity index (χ4n) is 4.19. The quantitative estimate of drug-likeness (QED) is 0.260. The van der Waals surface area contributed by atoms with Gasteiger partial charge in [-0.2, -0.15) is 0 Å². The molecule has 5 rings (SSSR count). The van der Waals surface area contributed by atoms with Gasteiger partial charge in [-0.15, -0.1) is 23.1 Å². The van der Waals surface area contributed by atoms with Crippen LogP contribution in [0.2, 0.25) is 0 Å². The molecule has 1 unspecified atom stereocenters. The van der Waals surface area contributed by atoms with Gasteiger partial charge in [-0.1, -0.05) is 19.1 Å². The lowest BCUT2D eigenvalue weighted by Crippen LogP contribution is -2.31. The fraction of sp³-hybridized carbons (Fsp3) is 0.364. The van der Waals surface area contributed by atoms with Crippen LogP contribution in [-0.4, -0.2) is 39.0 Å². The van der Waals surface area contributed by atoms with E-state index in [-0.39, 0.29) is 11.8 Å². The molecule has 1 aliphatic heterocycles. The minimum absolute atomic E-state index is 0.180. The van der Waals surface area contributed by atoms with E-state index in [1.165, 1.54) is 27.1 Å². The molecule has 0 bridgehead atoms. The zero-order chi connectivity index (χ0) is 20.0. The molecule has 148 valence electrons. The summed E-state index contributed by atoms with van der Waals surface area (Å²) in [5, 5.41) is 2.26. The predicted octanol–water partition coefficient (Wildman–Crippen LogP) is 4.59. The van der Waals surface area contributed by atoms with Crippen LogP contribution in [0, 0.1) is 5.92 Å². The van der Waals surface area contributed by atoms with E-state index >= 15 is 0 Å². The molecule has 0 saturated heterocycles. The molecule has 5 nitrogen and oxygen atoms in total. The normalized spacial score (nSPS) is 18.4. The highest BCUT2D eigenvalue weighted by Gasteiger charge is 2.34. The van der Waals surface area contributed by atoms with Crippen LogP contribution in [0.25, 0.3) is 10.2 Å². The van der Waals surface area contributed by atoms with Crippen LogP contribution in [-0.2, 0) is 12.8 Å². The molecule has 1 aromatic carbocycles. The molecule has 2 aliphatic rings. The van der Waals surface area contributed by atoms with E-state index < -0.39 is 0 Å². The topological polar surface area (TPSA) is 63.2 Å². The molecule has 0 spiro atoms. The number of amides is 2. The van der Waals surface area contributed by atoms with Gasteiger partial charge in [0.2, 0.25) is 0 Å². The Bertz CT molecular complexity index is 1090. The first-order valence-electron chi connectivity index (χ1n) is 9.96. The monoisotopic (exact) mass is 423 g/mol. The first-order valence-corrected chi connectivity index (χ1v) is 11.8. The predicted molar refractivity (Wildman–Crippen MR) is 116 cm³/mol. The summed E-state index contributed by atoms with van der Waals surface area (Å²) in [6, 6.07) is 7.04. The fourth-order valence-corrected chi connectivity index (χ4v) is 6.56. The second kappa shape index (κ2) is 7.54. The Morgan fingerprint density at radius 2 is 1.93 bits per heavy atom. The summed E-state index contributed by atoms with van der Waals surface area (Å²) in [5.41, 5.74) is 2.47. The van der Waals surface area contributed by atoms with Crippen LogP contribution in [0.5, 0.6) is 0 Å². The lowest BCUT2D eigenvalue weighted by Gasteiger charge is -2.18. The molecule has 0 saturated carbocycles. The van der Waals surface area contributed by atoms with Gasteiger partial charge in [-0.3, -0.25) is 14.5 Å². The van der Waals surface area contributed by atoms with Crippen molar-refractivity contribution in [3.63, 3.8) is 0 Å². The summed E-state index contributed by atoms with van der Waals surface area (Å²) in [7, 11) is 0. The van der Waals surface area contributed by atoms with E-state index in [0.29, 0.717) is 17.7 Å². The highest BCUT2D eigenvalue weighted by molar-refractivity contribution is 7.99. The van der Waals surface area contributed by atoms with Crippen molar-refractivity contribution in [2.45, 2.75) is 37.6 Å². The van der Waals surface area contributed by atoms with Crippen molar-refractivity contribution < 1.29 is 9.59 Å². The van der Waals surface area contributed by atoms with Crippen molar-refractivity contribution >= 4 is 45.1 Å². The second-order valence-corrected chi connectivity index (χ2v) is 9.89. The van der Waals surface area contributed by atoms with Crippen molar-refractivity contribution in [3.8, 4) is 0 Å². The van der Waals surface area contributed by atoms with Gasteiger partial charge in [-0.05, 0) is 49.3 Å². The number of hydrogen-bond donors (Lipinski definition) is 0. The first-order chi connectivity index (χ1) is 14.1. The first kappa shape index (κ1) is 18.8. The number of carbonyl (C=O) groups excluding carboxylic acids is 2. The molecule has 1 aliphatic carbocycles. The third-order valence-corrected chi connectivity index (χ3v) is 7.94.